The summed E-state index contributed by atoms with van der Waals surface area (Å²) in [4.78, 5) is 26.1. The SMILES string of the molecule is CN(C)C(CNC(=O)CCCNC(=O)c1ccccc1)c1ccccc1. The van der Waals surface area contributed by atoms with Gasteiger partial charge in [0.25, 0.3) is 5.91 Å². The molecule has 0 spiro atoms. The Labute approximate surface area is 155 Å². The molecule has 2 aromatic carbocycles. The fourth-order valence-corrected chi connectivity index (χ4v) is 2.72. The van der Waals surface area contributed by atoms with Crippen LogP contribution in [0.1, 0.15) is 34.8 Å². The van der Waals surface area contributed by atoms with Crippen molar-refractivity contribution in [2.45, 2.75) is 18.9 Å². The maximum absolute atomic E-state index is 12.1. The van der Waals surface area contributed by atoms with Gasteiger partial charge in [0.2, 0.25) is 5.91 Å². The Balaban J connectivity index is 1.69. The van der Waals surface area contributed by atoms with E-state index in [0.29, 0.717) is 31.5 Å². The largest absolute Gasteiger partial charge is 0.354 e. The lowest BCUT2D eigenvalue weighted by atomic mass is 10.1. The van der Waals surface area contributed by atoms with Gasteiger partial charge in [-0.15, -0.1) is 0 Å². The second-order valence-electron chi connectivity index (χ2n) is 6.42. The van der Waals surface area contributed by atoms with E-state index in [1.807, 2.05) is 50.5 Å². The van der Waals surface area contributed by atoms with E-state index >= 15 is 0 Å². The van der Waals surface area contributed by atoms with Gasteiger partial charge in [-0.05, 0) is 38.2 Å². The maximum atomic E-state index is 12.1. The van der Waals surface area contributed by atoms with Crippen molar-refractivity contribution in [1.82, 2.24) is 15.5 Å². The summed E-state index contributed by atoms with van der Waals surface area (Å²) in [7, 11) is 4.01. The van der Waals surface area contributed by atoms with Crippen molar-refractivity contribution in [2.75, 3.05) is 27.2 Å². The topological polar surface area (TPSA) is 61.4 Å². The zero-order valence-electron chi connectivity index (χ0n) is 15.4. The molecule has 0 radical (unpaired) electrons. The predicted octanol–water partition coefficient (Wildman–Crippen LogP) is 2.62. The zero-order chi connectivity index (χ0) is 18.8. The van der Waals surface area contributed by atoms with Crippen LogP contribution in [0.3, 0.4) is 0 Å². The van der Waals surface area contributed by atoms with Crippen molar-refractivity contribution < 1.29 is 9.59 Å². The number of benzene rings is 2. The highest BCUT2D eigenvalue weighted by Crippen LogP contribution is 2.16. The molecule has 138 valence electrons. The minimum Gasteiger partial charge on any atom is -0.354 e. The van der Waals surface area contributed by atoms with Gasteiger partial charge in [-0.2, -0.15) is 0 Å². The molecule has 0 saturated carbocycles. The first kappa shape index (κ1) is 19.7. The molecule has 5 nitrogen and oxygen atoms in total. The lowest BCUT2D eigenvalue weighted by Crippen LogP contribution is -2.35. The molecule has 0 aromatic heterocycles. The first-order valence-corrected chi connectivity index (χ1v) is 8.89. The summed E-state index contributed by atoms with van der Waals surface area (Å²) in [5.41, 5.74) is 1.81. The summed E-state index contributed by atoms with van der Waals surface area (Å²) in [6, 6.07) is 19.3. The molecule has 1 unspecified atom stereocenters. The zero-order valence-corrected chi connectivity index (χ0v) is 15.4. The third-order valence-corrected chi connectivity index (χ3v) is 4.20. The average molecular weight is 353 g/mol. The third-order valence-electron chi connectivity index (χ3n) is 4.20. The molecule has 0 fully saturated rings. The summed E-state index contributed by atoms with van der Waals surface area (Å²) >= 11 is 0. The molecule has 2 rings (SSSR count). The molecule has 0 bridgehead atoms. The van der Waals surface area contributed by atoms with E-state index in [9.17, 15) is 9.59 Å². The molecule has 0 heterocycles. The molecule has 2 amide bonds. The van der Waals surface area contributed by atoms with Crippen LogP contribution in [0.4, 0.5) is 0 Å². The Bertz CT molecular complexity index is 687. The van der Waals surface area contributed by atoms with Gasteiger partial charge in [-0.3, -0.25) is 9.59 Å². The van der Waals surface area contributed by atoms with E-state index in [-0.39, 0.29) is 17.9 Å². The summed E-state index contributed by atoms with van der Waals surface area (Å²) < 4.78 is 0. The normalized spacial score (nSPS) is 11.8. The highest BCUT2D eigenvalue weighted by Gasteiger charge is 2.14. The van der Waals surface area contributed by atoms with Crippen LogP contribution in [0.15, 0.2) is 60.7 Å². The summed E-state index contributed by atoms with van der Waals surface area (Å²) in [6.07, 6.45) is 1.01. The van der Waals surface area contributed by atoms with Gasteiger partial charge in [0.15, 0.2) is 0 Å². The second-order valence-corrected chi connectivity index (χ2v) is 6.42. The van der Waals surface area contributed by atoms with Crippen LogP contribution in [0.5, 0.6) is 0 Å². The number of nitrogens with zero attached hydrogens (tertiary/aromatic N) is 1. The van der Waals surface area contributed by atoms with E-state index < -0.39 is 0 Å². The third kappa shape index (κ3) is 6.33. The molecule has 2 aromatic rings. The number of carbonyl (C=O) groups excluding carboxylic acids is 2. The van der Waals surface area contributed by atoms with Crippen molar-refractivity contribution in [3.63, 3.8) is 0 Å². The van der Waals surface area contributed by atoms with Crippen LogP contribution in [0.2, 0.25) is 0 Å². The van der Waals surface area contributed by atoms with Crippen LogP contribution in [-0.2, 0) is 4.79 Å². The molecule has 2 N–H and O–H groups in total. The van der Waals surface area contributed by atoms with Crippen LogP contribution >= 0.6 is 0 Å². The molecule has 0 aliphatic carbocycles. The Morgan fingerprint density at radius 2 is 1.54 bits per heavy atom. The van der Waals surface area contributed by atoms with Crippen molar-refractivity contribution >= 4 is 11.8 Å². The van der Waals surface area contributed by atoms with E-state index in [2.05, 4.69) is 27.7 Å². The van der Waals surface area contributed by atoms with Crippen LogP contribution in [-0.4, -0.2) is 43.9 Å². The molecule has 0 aliphatic heterocycles. The monoisotopic (exact) mass is 353 g/mol. The van der Waals surface area contributed by atoms with Crippen molar-refractivity contribution in [1.29, 1.82) is 0 Å². The molecule has 1 atom stereocenters. The van der Waals surface area contributed by atoms with Gasteiger partial charge in [-0.25, -0.2) is 0 Å². The Hall–Kier alpha value is -2.66. The van der Waals surface area contributed by atoms with Crippen molar-refractivity contribution in [3.05, 3.63) is 71.8 Å². The summed E-state index contributed by atoms with van der Waals surface area (Å²) in [5.74, 6) is -0.107. The van der Waals surface area contributed by atoms with Crippen LogP contribution < -0.4 is 10.6 Å². The van der Waals surface area contributed by atoms with Crippen molar-refractivity contribution in [3.8, 4) is 0 Å². The predicted molar refractivity (Wildman–Crippen MR) is 104 cm³/mol. The Kier molecular flexibility index (Phi) is 7.83. The minimum absolute atomic E-state index is 0.00161. The van der Waals surface area contributed by atoms with Crippen LogP contribution in [0.25, 0.3) is 0 Å². The lowest BCUT2D eigenvalue weighted by molar-refractivity contribution is -0.121. The quantitative estimate of drug-likeness (QED) is 0.681. The number of hydrogen-bond donors (Lipinski definition) is 2. The summed E-state index contributed by atoms with van der Waals surface area (Å²) in [5, 5.41) is 5.83. The molecular weight excluding hydrogens is 326 g/mol. The van der Waals surface area contributed by atoms with Gasteiger partial charge < -0.3 is 15.5 Å². The smallest absolute Gasteiger partial charge is 0.251 e. The highest BCUT2D eigenvalue weighted by atomic mass is 16.2. The number of amides is 2. The number of rotatable bonds is 9. The molecule has 26 heavy (non-hydrogen) atoms. The van der Waals surface area contributed by atoms with E-state index in [4.69, 9.17) is 0 Å². The van der Waals surface area contributed by atoms with Gasteiger partial charge in [0.05, 0.1) is 6.04 Å². The Morgan fingerprint density at radius 3 is 2.15 bits per heavy atom. The number of likely N-dealkylation sites (N-methyl/N-ethyl adjacent to an activating group) is 1. The first-order valence-electron chi connectivity index (χ1n) is 8.89. The summed E-state index contributed by atoms with van der Waals surface area (Å²) in [6.45, 7) is 1.04. The van der Waals surface area contributed by atoms with Gasteiger partial charge in [-0.1, -0.05) is 48.5 Å². The van der Waals surface area contributed by atoms with E-state index in [1.54, 1.807) is 12.1 Å². The van der Waals surface area contributed by atoms with Gasteiger partial charge >= 0.3 is 0 Å². The number of nitrogens with one attached hydrogen (secondary N) is 2. The highest BCUT2D eigenvalue weighted by molar-refractivity contribution is 5.94. The minimum atomic E-state index is -0.109. The molecule has 0 aliphatic rings. The molecular formula is C21H27N3O2. The van der Waals surface area contributed by atoms with E-state index in [1.165, 1.54) is 5.56 Å². The van der Waals surface area contributed by atoms with Gasteiger partial charge in [0.1, 0.15) is 0 Å². The fourth-order valence-electron chi connectivity index (χ4n) is 2.72. The average Bonchev–Trinajstić information content (AvgIpc) is 2.66. The van der Waals surface area contributed by atoms with Crippen molar-refractivity contribution in [2.24, 2.45) is 0 Å². The van der Waals surface area contributed by atoms with Crippen LogP contribution in [0, 0.1) is 0 Å². The Morgan fingerprint density at radius 1 is 0.923 bits per heavy atom. The lowest BCUT2D eigenvalue weighted by Gasteiger charge is -2.25. The van der Waals surface area contributed by atoms with E-state index in [0.717, 1.165) is 0 Å². The molecule has 0 saturated heterocycles. The second kappa shape index (κ2) is 10.4. The maximum Gasteiger partial charge on any atom is 0.251 e. The molecule has 5 heteroatoms. The number of hydrogen-bond acceptors (Lipinski definition) is 3. The van der Waals surface area contributed by atoms with Gasteiger partial charge in [0, 0.05) is 25.1 Å². The number of carbonyl (C=O) groups is 2. The first-order chi connectivity index (χ1) is 12.6. The standard InChI is InChI=1S/C21H27N3O2/c1-24(2)19(17-10-5-3-6-11-17)16-23-20(25)14-9-15-22-21(26)18-12-7-4-8-13-18/h3-8,10-13,19H,9,14-16H2,1-2H3,(H,22,26)(H,23,25). The fraction of sp³-hybridized carbons (Fsp3) is 0.333.